The molecule has 0 aliphatic heterocycles. The van der Waals surface area contributed by atoms with Crippen molar-refractivity contribution in [2.45, 2.75) is 38.2 Å². The second-order valence-electron chi connectivity index (χ2n) is 7.87. The van der Waals surface area contributed by atoms with Crippen molar-refractivity contribution in [2.75, 3.05) is 7.11 Å². The van der Waals surface area contributed by atoms with Crippen molar-refractivity contribution in [3.8, 4) is 17.2 Å². The molecule has 0 N–H and O–H groups in total. The van der Waals surface area contributed by atoms with E-state index in [0.29, 0.717) is 5.75 Å². The van der Waals surface area contributed by atoms with E-state index < -0.39 is 0 Å². The summed E-state index contributed by atoms with van der Waals surface area (Å²) >= 11 is 0. The number of methoxy groups -OCH3 is 1. The highest BCUT2D eigenvalue weighted by atomic mass is 16.5. The van der Waals surface area contributed by atoms with Crippen molar-refractivity contribution in [2.24, 2.45) is 0 Å². The SMILES string of the molecule is COc1ccc(/C(=C/CC(=O)Oc2ccccc2)c2ccccc2)cc1OC1CCCC1. The smallest absolute Gasteiger partial charge is 0.315 e. The predicted molar refractivity (Wildman–Crippen MR) is 126 cm³/mol. The highest BCUT2D eigenvalue weighted by Gasteiger charge is 2.19. The molecule has 0 atom stereocenters. The third-order valence-electron chi connectivity index (χ3n) is 5.60. The highest BCUT2D eigenvalue weighted by molar-refractivity contribution is 5.84. The first-order chi connectivity index (χ1) is 15.7. The van der Waals surface area contributed by atoms with E-state index in [1.165, 1.54) is 12.8 Å². The second-order valence-corrected chi connectivity index (χ2v) is 7.87. The van der Waals surface area contributed by atoms with E-state index in [-0.39, 0.29) is 18.5 Å². The van der Waals surface area contributed by atoms with Crippen LogP contribution in [0.15, 0.2) is 84.9 Å². The molecule has 164 valence electrons. The van der Waals surface area contributed by atoms with Crippen LogP contribution in [-0.2, 0) is 4.79 Å². The van der Waals surface area contributed by atoms with E-state index in [9.17, 15) is 4.79 Å². The fraction of sp³-hybridized carbons (Fsp3) is 0.250. The molecule has 0 unspecified atom stereocenters. The average molecular weight is 429 g/mol. The van der Waals surface area contributed by atoms with Crippen LogP contribution < -0.4 is 14.2 Å². The molecule has 4 heteroatoms. The molecule has 1 aliphatic carbocycles. The Morgan fingerprint density at radius 1 is 0.875 bits per heavy atom. The Morgan fingerprint density at radius 2 is 1.56 bits per heavy atom. The van der Waals surface area contributed by atoms with Gasteiger partial charge < -0.3 is 14.2 Å². The molecule has 0 radical (unpaired) electrons. The van der Waals surface area contributed by atoms with Gasteiger partial charge in [-0.3, -0.25) is 4.79 Å². The minimum Gasteiger partial charge on any atom is -0.493 e. The van der Waals surface area contributed by atoms with Gasteiger partial charge >= 0.3 is 5.97 Å². The molecule has 0 bridgehead atoms. The molecular formula is C28H28O4. The number of benzene rings is 3. The molecule has 32 heavy (non-hydrogen) atoms. The van der Waals surface area contributed by atoms with E-state index in [0.717, 1.165) is 41.0 Å². The van der Waals surface area contributed by atoms with Crippen molar-refractivity contribution in [3.63, 3.8) is 0 Å². The number of para-hydroxylation sites is 1. The second kappa shape index (κ2) is 10.7. The van der Waals surface area contributed by atoms with Crippen LogP contribution in [0.25, 0.3) is 5.57 Å². The zero-order valence-corrected chi connectivity index (χ0v) is 18.3. The Balaban J connectivity index is 1.61. The van der Waals surface area contributed by atoms with Crippen molar-refractivity contribution in [1.29, 1.82) is 0 Å². The maximum absolute atomic E-state index is 12.5. The molecule has 0 amide bonds. The van der Waals surface area contributed by atoms with Gasteiger partial charge in [-0.2, -0.15) is 0 Å². The summed E-state index contributed by atoms with van der Waals surface area (Å²) in [4.78, 5) is 12.5. The third-order valence-corrected chi connectivity index (χ3v) is 5.60. The summed E-state index contributed by atoms with van der Waals surface area (Å²) in [6.07, 6.45) is 6.84. The van der Waals surface area contributed by atoms with Crippen LogP contribution in [-0.4, -0.2) is 19.2 Å². The van der Waals surface area contributed by atoms with Crippen LogP contribution in [0.2, 0.25) is 0 Å². The van der Waals surface area contributed by atoms with Gasteiger partial charge in [0.15, 0.2) is 11.5 Å². The van der Waals surface area contributed by atoms with Gasteiger partial charge in [-0.15, -0.1) is 0 Å². The number of hydrogen-bond acceptors (Lipinski definition) is 4. The molecule has 0 saturated heterocycles. The lowest BCUT2D eigenvalue weighted by Gasteiger charge is -2.18. The highest BCUT2D eigenvalue weighted by Crippen LogP contribution is 2.36. The monoisotopic (exact) mass is 428 g/mol. The normalized spacial score (nSPS) is 14.2. The summed E-state index contributed by atoms with van der Waals surface area (Å²) in [5, 5.41) is 0. The van der Waals surface area contributed by atoms with Gasteiger partial charge in [0.1, 0.15) is 5.75 Å². The number of carbonyl (C=O) groups is 1. The Morgan fingerprint density at radius 3 is 2.25 bits per heavy atom. The zero-order valence-electron chi connectivity index (χ0n) is 18.3. The van der Waals surface area contributed by atoms with Crippen LogP contribution in [0.4, 0.5) is 0 Å². The van der Waals surface area contributed by atoms with Crippen LogP contribution in [0.3, 0.4) is 0 Å². The lowest BCUT2D eigenvalue weighted by Crippen LogP contribution is -2.11. The molecule has 1 aliphatic rings. The van der Waals surface area contributed by atoms with E-state index in [1.807, 2.05) is 72.8 Å². The van der Waals surface area contributed by atoms with Crippen LogP contribution in [0.1, 0.15) is 43.2 Å². The van der Waals surface area contributed by atoms with Gasteiger partial charge in [0.25, 0.3) is 0 Å². The molecule has 0 heterocycles. The van der Waals surface area contributed by atoms with Crippen molar-refractivity contribution in [3.05, 3.63) is 96.1 Å². The van der Waals surface area contributed by atoms with E-state index in [1.54, 1.807) is 19.2 Å². The number of ether oxygens (including phenoxy) is 3. The fourth-order valence-electron chi connectivity index (χ4n) is 3.99. The quantitative estimate of drug-likeness (QED) is 0.306. The van der Waals surface area contributed by atoms with Gasteiger partial charge in [0, 0.05) is 0 Å². The molecule has 4 rings (SSSR count). The Labute approximate surface area is 189 Å². The lowest BCUT2D eigenvalue weighted by molar-refractivity contribution is -0.133. The summed E-state index contributed by atoms with van der Waals surface area (Å²) in [5.74, 6) is 1.70. The lowest BCUT2D eigenvalue weighted by atomic mass is 9.96. The number of hydrogen-bond donors (Lipinski definition) is 0. The van der Waals surface area contributed by atoms with E-state index in [2.05, 4.69) is 0 Å². The molecule has 4 nitrogen and oxygen atoms in total. The third kappa shape index (κ3) is 5.58. The minimum atomic E-state index is -0.305. The van der Waals surface area contributed by atoms with Crippen molar-refractivity contribution >= 4 is 11.5 Å². The van der Waals surface area contributed by atoms with Gasteiger partial charge in [0.2, 0.25) is 0 Å². The Bertz CT molecular complexity index is 1050. The van der Waals surface area contributed by atoms with Gasteiger partial charge in [-0.1, -0.05) is 60.7 Å². The summed E-state index contributed by atoms with van der Waals surface area (Å²) in [6, 6.07) is 25.1. The van der Waals surface area contributed by atoms with Gasteiger partial charge in [0.05, 0.1) is 19.6 Å². The van der Waals surface area contributed by atoms with Gasteiger partial charge in [-0.05, 0) is 66.6 Å². The fourth-order valence-corrected chi connectivity index (χ4v) is 3.99. The van der Waals surface area contributed by atoms with Gasteiger partial charge in [-0.25, -0.2) is 0 Å². The minimum absolute atomic E-state index is 0.157. The largest absolute Gasteiger partial charge is 0.493 e. The molecule has 3 aromatic carbocycles. The van der Waals surface area contributed by atoms with E-state index in [4.69, 9.17) is 14.2 Å². The first kappa shape index (κ1) is 21.7. The van der Waals surface area contributed by atoms with Crippen LogP contribution in [0.5, 0.6) is 17.2 Å². The Kier molecular flexibility index (Phi) is 7.23. The van der Waals surface area contributed by atoms with Crippen molar-refractivity contribution < 1.29 is 19.0 Å². The summed E-state index contributed by atoms with van der Waals surface area (Å²) in [6.45, 7) is 0. The first-order valence-corrected chi connectivity index (χ1v) is 11.1. The summed E-state index contributed by atoms with van der Waals surface area (Å²) in [7, 11) is 1.66. The molecule has 3 aromatic rings. The molecule has 0 spiro atoms. The van der Waals surface area contributed by atoms with Crippen LogP contribution in [0, 0.1) is 0 Å². The molecule has 1 fully saturated rings. The maximum atomic E-state index is 12.5. The van der Waals surface area contributed by atoms with Crippen LogP contribution >= 0.6 is 0 Å². The maximum Gasteiger partial charge on any atom is 0.315 e. The molecule has 1 saturated carbocycles. The topological polar surface area (TPSA) is 44.8 Å². The number of rotatable bonds is 8. The van der Waals surface area contributed by atoms with E-state index >= 15 is 0 Å². The predicted octanol–water partition coefficient (Wildman–Crippen LogP) is 6.44. The molecule has 0 aromatic heterocycles. The zero-order chi connectivity index (χ0) is 22.2. The average Bonchev–Trinajstić information content (AvgIpc) is 3.34. The summed E-state index contributed by atoms with van der Waals surface area (Å²) < 4.78 is 17.3. The molecular weight excluding hydrogens is 400 g/mol. The number of carbonyl (C=O) groups excluding carboxylic acids is 1. The summed E-state index contributed by atoms with van der Waals surface area (Å²) in [5.41, 5.74) is 2.95. The Hall–Kier alpha value is -3.53. The van der Waals surface area contributed by atoms with Crippen molar-refractivity contribution in [1.82, 2.24) is 0 Å². The number of esters is 1. The first-order valence-electron chi connectivity index (χ1n) is 11.1. The standard InChI is InChI=1S/C28H28O4/c1-30-26-18-16-22(20-27(26)31-23-14-8-9-15-23)25(21-10-4-2-5-11-21)17-19-28(29)32-24-12-6-3-7-13-24/h2-7,10-13,16-18,20,23H,8-9,14-15,19H2,1H3/b25-17+.